The predicted molar refractivity (Wildman–Crippen MR) is 57.1 cm³/mol. The molecule has 0 aromatic heterocycles. The maximum atomic E-state index is 5.59. The van der Waals surface area contributed by atoms with Gasteiger partial charge in [0.05, 0.1) is 19.3 Å². The predicted octanol–water partition coefficient (Wildman–Crippen LogP) is 1.99. The monoisotopic (exact) mass is 195 g/mol. The zero-order valence-corrected chi connectivity index (χ0v) is 8.69. The van der Waals surface area contributed by atoms with Crippen molar-refractivity contribution in [1.82, 2.24) is 0 Å². The second-order valence-electron chi connectivity index (χ2n) is 3.17. The molecule has 1 atom stereocenters. The van der Waals surface area contributed by atoms with Gasteiger partial charge in [-0.1, -0.05) is 12.1 Å². The number of hydrogen-bond acceptors (Lipinski definition) is 3. The standard InChI is InChI=1S/C11H17NO2/c1-9(14-8-7-13-2)10-3-5-11(12)6-4-10/h3-6,9H,7-8,12H2,1-2H3. The maximum Gasteiger partial charge on any atom is 0.0798 e. The Balaban J connectivity index is 2.43. The third-order valence-corrected chi connectivity index (χ3v) is 2.06. The maximum absolute atomic E-state index is 5.59. The van der Waals surface area contributed by atoms with Crippen LogP contribution in [0.4, 0.5) is 5.69 Å². The van der Waals surface area contributed by atoms with Crippen molar-refractivity contribution < 1.29 is 9.47 Å². The van der Waals surface area contributed by atoms with Gasteiger partial charge in [-0.2, -0.15) is 0 Å². The highest BCUT2D eigenvalue weighted by atomic mass is 16.5. The molecule has 2 N–H and O–H groups in total. The number of rotatable bonds is 5. The van der Waals surface area contributed by atoms with E-state index < -0.39 is 0 Å². The van der Waals surface area contributed by atoms with Crippen molar-refractivity contribution in [3.05, 3.63) is 29.8 Å². The molecule has 0 spiro atoms. The minimum absolute atomic E-state index is 0.0887. The van der Waals surface area contributed by atoms with E-state index in [4.69, 9.17) is 15.2 Å². The van der Waals surface area contributed by atoms with Crippen molar-refractivity contribution in [1.29, 1.82) is 0 Å². The van der Waals surface area contributed by atoms with Gasteiger partial charge in [0.25, 0.3) is 0 Å². The largest absolute Gasteiger partial charge is 0.399 e. The first-order valence-electron chi connectivity index (χ1n) is 4.70. The normalized spacial score (nSPS) is 12.7. The lowest BCUT2D eigenvalue weighted by molar-refractivity contribution is 0.0256. The molecule has 0 saturated heterocycles. The van der Waals surface area contributed by atoms with E-state index >= 15 is 0 Å². The molecule has 0 fully saturated rings. The highest BCUT2D eigenvalue weighted by molar-refractivity contribution is 5.39. The molecule has 14 heavy (non-hydrogen) atoms. The van der Waals surface area contributed by atoms with Crippen molar-refractivity contribution in [2.24, 2.45) is 0 Å². The summed E-state index contributed by atoms with van der Waals surface area (Å²) in [6.45, 7) is 3.25. The summed E-state index contributed by atoms with van der Waals surface area (Å²) in [5, 5.41) is 0. The smallest absolute Gasteiger partial charge is 0.0798 e. The topological polar surface area (TPSA) is 44.5 Å². The van der Waals surface area contributed by atoms with Crippen LogP contribution in [-0.4, -0.2) is 20.3 Å². The van der Waals surface area contributed by atoms with Gasteiger partial charge in [-0.3, -0.25) is 0 Å². The lowest BCUT2D eigenvalue weighted by Crippen LogP contribution is -2.06. The van der Waals surface area contributed by atoms with Crippen molar-refractivity contribution in [3.63, 3.8) is 0 Å². The third kappa shape index (κ3) is 3.36. The molecule has 0 aliphatic rings. The Bertz CT molecular complexity index is 258. The van der Waals surface area contributed by atoms with E-state index in [0.29, 0.717) is 13.2 Å². The van der Waals surface area contributed by atoms with Crippen LogP contribution >= 0.6 is 0 Å². The quantitative estimate of drug-likeness (QED) is 0.577. The number of nitrogen functional groups attached to an aromatic ring is 1. The Labute approximate surface area is 84.8 Å². The van der Waals surface area contributed by atoms with E-state index in [1.807, 2.05) is 31.2 Å². The van der Waals surface area contributed by atoms with Gasteiger partial charge in [-0.05, 0) is 24.6 Å². The van der Waals surface area contributed by atoms with E-state index in [9.17, 15) is 0 Å². The number of anilines is 1. The van der Waals surface area contributed by atoms with Gasteiger partial charge in [0.2, 0.25) is 0 Å². The zero-order chi connectivity index (χ0) is 10.4. The average Bonchev–Trinajstić information content (AvgIpc) is 2.19. The van der Waals surface area contributed by atoms with Crippen LogP contribution in [0.15, 0.2) is 24.3 Å². The summed E-state index contributed by atoms with van der Waals surface area (Å²) in [5.74, 6) is 0. The molecule has 0 aliphatic heterocycles. The van der Waals surface area contributed by atoms with Crippen molar-refractivity contribution in [2.45, 2.75) is 13.0 Å². The summed E-state index contributed by atoms with van der Waals surface area (Å²) in [6.07, 6.45) is 0.0887. The number of nitrogens with two attached hydrogens (primary N) is 1. The lowest BCUT2D eigenvalue weighted by Gasteiger charge is -2.13. The highest BCUT2D eigenvalue weighted by Gasteiger charge is 2.04. The summed E-state index contributed by atoms with van der Waals surface area (Å²) in [7, 11) is 1.66. The number of methoxy groups -OCH3 is 1. The Morgan fingerprint density at radius 2 is 1.86 bits per heavy atom. The fraction of sp³-hybridized carbons (Fsp3) is 0.455. The zero-order valence-electron chi connectivity index (χ0n) is 8.69. The molecule has 78 valence electrons. The first kappa shape index (κ1) is 11.0. The second kappa shape index (κ2) is 5.62. The molecule has 0 aliphatic carbocycles. The van der Waals surface area contributed by atoms with Crippen LogP contribution in [0.3, 0.4) is 0 Å². The molecule has 0 amide bonds. The Hall–Kier alpha value is -1.06. The van der Waals surface area contributed by atoms with Gasteiger partial charge in [0.15, 0.2) is 0 Å². The van der Waals surface area contributed by atoms with Gasteiger partial charge in [0.1, 0.15) is 0 Å². The Kier molecular flexibility index (Phi) is 4.43. The first-order chi connectivity index (χ1) is 6.74. The van der Waals surface area contributed by atoms with Crippen LogP contribution in [0.5, 0.6) is 0 Å². The average molecular weight is 195 g/mol. The van der Waals surface area contributed by atoms with Gasteiger partial charge in [-0.15, -0.1) is 0 Å². The van der Waals surface area contributed by atoms with Gasteiger partial charge in [-0.25, -0.2) is 0 Å². The number of ether oxygens (including phenoxy) is 2. The molecule has 0 heterocycles. The third-order valence-electron chi connectivity index (χ3n) is 2.06. The second-order valence-corrected chi connectivity index (χ2v) is 3.17. The van der Waals surface area contributed by atoms with Crippen molar-refractivity contribution in [2.75, 3.05) is 26.1 Å². The minimum atomic E-state index is 0.0887. The SMILES string of the molecule is COCCOC(C)c1ccc(N)cc1. The lowest BCUT2D eigenvalue weighted by atomic mass is 10.1. The molecule has 0 bridgehead atoms. The first-order valence-corrected chi connectivity index (χ1v) is 4.70. The number of hydrogen-bond donors (Lipinski definition) is 1. The molecule has 0 saturated carbocycles. The molecule has 0 radical (unpaired) electrons. The van der Waals surface area contributed by atoms with Crippen molar-refractivity contribution in [3.8, 4) is 0 Å². The summed E-state index contributed by atoms with van der Waals surface area (Å²) < 4.78 is 10.4. The van der Waals surface area contributed by atoms with Gasteiger partial charge >= 0.3 is 0 Å². The molecule has 1 rings (SSSR count). The fourth-order valence-corrected chi connectivity index (χ4v) is 1.17. The van der Waals surface area contributed by atoms with Crippen LogP contribution < -0.4 is 5.73 Å². The van der Waals surface area contributed by atoms with Crippen LogP contribution in [-0.2, 0) is 9.47 Å². The van der Waals surface area contributed by atoms with E-state index in [-0.39, 0.29) is 6.10 Å². The molecular formula is C11H17NO2. The molecule has 1 aromatic rings. The molecule has 1 unspecified atom stereocenters. The Morgan fingerprint density at radius 1 is 1.21 bits per heavy atom. The fourth-order valence-electron chi connectivity index (χ4n) is 1.17. The molecular weight excluding hydrogens is 178 g/mol. The van der Waals surface area contributed by atoms with E-state index in [2.05, 4.69) is 0 Å². The van der Waals surface area contributed by atoms with E-state index in [0.717, 1.165) is 11.3 Å². The Morgan fingerprint density at radius 3 is 2.43 bits per heavy atom. The molecule has 3 nitrogen and oxygen atoms in total. The van der Waals surface area contributed by atoms with Gasteiger partial charge < -0.3 is 15.2 Å². The van der Waals surface area contributed by atoms with E-state index in [1.54, 1.807) is 7.11 Å². The van der Waals surface area contributed by atoms with E-state index in [1.165, 1.54) is 0 Å². The van der Waals surface area contributed by atoms with Crippen molar-refractivity contribution >= 4 is 5.69 Å². The summed E-state index contributed by atoms with van der Waals surface area (Å²) in [4.78, 5) is 0. The minimum Gasteiger partial charge on any atom is -0.399 e. The van der Waals surface area contributed by atoms with Crippen LogP contribution in [0.25, 0.3) is 0 Å². The van der Waals surface area contributed by atoms with Crippen LogP contribution in [0.2, 0.25) is 0 Å². The number of benzene rings is 1. The summed E-state index contributed by atoms with van der Waals surface area (Å²) in [6, 6.07) is 7.72. The van der Waals surface area contributed by atoms with Crippen LogP contribution in [0, 0.1) is 0 Å². The summed E-state index contributed by atoms with van der Waals surface area (Å²) >= 11 is 0. The van der Waals surface area contributed by atoms with Gasteiger partial charge in [0, 0.05) is 12.8 Å². The van der Waals surface area contributed by atoms with Crippen LogP contribution in [0.1, 0.15) is 18.6 Å². The summed E-state index contributed by atoms with van der Waals surface area (Å²) in [5.41, 5.74) is 7.50. The highest BCUT2D eigenvalue weighted by Crippen LogP contribution is 2.17. The molecule has 3 heteroatoms. The molecule has 1 aromatic carbocycles.